The van der Waals surface area contributed by atoms with Crippen molar-refractivity contribution < 1.29 is 14.3 Å². The SMILES string of the molecule is O=C(CN1CCCC(N2CCCC2)C1)Nc1ccc2c(c1)OCCCO2. The molecule has 0 bridgehead atoms. The number of benzene rings is 1. The van der Waals surface area contributed by atoms with Gasteiger partial charge >= 0.3 is 0 Å². The second-order valence-corrected chi connectivity index (χ2v) is 7.53. The van der Waals surface area contributed by atoms with Gasteiger partial charge in [0, 0.05) is 30.8 Å². The molecule has 6 heteroatoms. The van der Waals surface area contributed by atoms with E-state index in [1.807, 2.05) is 18.2 Å². The fourth-order valence-electron chi connectivity index (χ4n) is 4.22. The molecule has 1 aromatic rings. The lowest BCUT2D eigenvalue weighted by molar-refractivity contribution is -0.117. The average Bonchev–Trinajstić information content (AvgIpc) is 3.08. The molecular weight excluding hydrogens is 330 g/mol. The Balaban J connectivity index is 1.31. The Morgan fingerprint density at radius 2 is 1.85 bits per heavy atom. The van der Waals surface area contributed by atoms with Gasteiger partial charge in [-0.15, -0.1) is 0 Å². The summed E-state index contributed by atoms with van der Waals surface area (Å²) in [7, 11) is 0. The van der Waals surface area contributed by atoms with Crippen molar-refractivity contribution in [3.63, 3.8) is 0 Å². The van der Waals surface area contributed by atoms with Gasteiger partial charge in [0.05, 0.1) is 19.8 Å². The summed E-state index contributed by atoms with van der Waals surface area (Å²) in [5.41, 5.74) is 0.771. The number of piperidine rings is 1. The van der Waals surface area contributed by atoms with Crippen molar-refractivity contribution in [2.75, 3.05) is 51.3 Å². The standard InChI is InChI=1S/C20H29N3O3/c24-20(15-22-8-3-5-17(14-22)23-9-1-2-10-23)21-16-6-7-18-19(13-16)26-12-4-11-25-18/h6-7,13,17H,1-5,8-12,14-15H2,(H,21,24). The highest BCUT2D eigenvalue weighted by atomic mass is 16.5. The van der Waals surface area contributed by atoms with Crippen molar-refractivity contribution in [2.24, 2.45) is 0 Å². The molecule has 1 amide bonds. The van der Waals surface area contributed by atoms with Gasteiger partial charge in [0.2, 0.25) is 5.91 Å². The molecule has 0 radical (unpaired) electrons. The maximum absolute atomic E-state index is 12.5. The zero-order valence-corrected chi connectivity index (χ0v) is 15.4. The van der Waals surface area contributed by atoms with Crippen LogP contribution in [0.4, 0.5) is 5.69 Å². The minimum Gasteiger partial charge on any atom is -0.490 e. The Morgan fingerprint density at radius 1 is 1.04 bits per heavy atom. The lowest BCUT2D eigenvalue weighted by atomic mass is 10.0. The summed E-state index contributed by atoms with van der Waals surface area (Å²) in [6.45, 7) is 6.25. The number of amides is 1. The largest absolute Gasteiger partial charge is 0.490 e. The molecule has 6 nitrogen and oxygen atoms in total. The van der Waals surface area contributed by atoms with Crippen LogP contribution in [0.1, 0.15) is 32.1 Å². The number of nitrogens with zero attached hydrogens (tertiary/aromatic N) is 2. The predicted octanol–water partition coefficient (Wildman–Crippen LogP) is 2.35. The molecule has 1 aromatic carbocycles. The van der Waals surface area contributed by atoms with Gasteiger partial charge in [0.1, 0.15) is 0 Å². The first-order valence-electron chi connectivity index (χ1n) is 9.94. The molecule has 4 rings (SSSR count). The Hall–Kier alpha value is -1.79. The zero-order chi connectivity index (χ0) is 17.8. The van der Waals surface area contributed by atoms with Crippen LogP contribution < -0.4 is 14.8 Å². The van der Waals surface area contributed by atoms with Gasteiger partial charge < -0.3 is 14.8 Å². The molecule has 1 atom stereocenters. The number of hydrogen-bond donors (Lipinski definition) is 1. The molecule has 0 saturated carbocycles. The maximum atomic E-state index is 12.5. The number of carbonyl (C=O) groups is 1. The normalized spacial score (nSPS) is 24.2. The van der Waals surface area contributed by atoms with Gasteiger partial charge in [0.15, 0.2) is 11.5 Å². The Bertz CT molecular complexity index is 631. The minimum absolute atomic E-state index is 0.0431. The summed E-state index contributed by atoms with van der Waals surface area (Å²) < 4.78 is 11.3. The van der Waals surface area contributed by atoms with Crippen molar-refractivity contribution in [1.29, 1.82) is 0 Å². The lowest BCUT2D eigenvalue weighted by Gasteiger charge is -2.37. The van der Waals surface area contributed by atoms with Crippen molar-refractivity contribution in [1.82, 2.24) is 9.80 Å². The van der Waals surface area contributed by atoms with E-state index in [9.17, 15) is 4.79 Å². The first-order chi connectivity index (χ1) is 12.8. The van der Waals surface area contributed by atoms with E-state index in [2.05, 4.69) is 15.1 Å². The van der Waals surface area contributed by atoms with Gasteiger partial charge in [-0.25, -0.2) is 0 Å². The van der Waals surface area contributed by atoms with Crippen LogP contribution in [0, 0.1) is 0 Å². The summed E-state index contributed by atoms with van der Waals surface area (Å²) >= 11 is 0. The molecule has 3 heterocycles. The third-order valence-electron chi connectivity index (χ3n) is 5.54. The lowest BCUT2D eigenvalue weighted by Crippen LogP contribution is -2.48. The number of hydrogen-bond acceptors (Lipinski definition) is 5. The average molecular weight is 359 g/mol. The molecule has 3 aliphatic heterocycles. The summed E-state index contributed by atoms with van der Waals surface area (Å²) in [4.78, 5) is 17.4. The number of likely N-dealkylation sites (tertiary alicyclic amines) is 2. The smallest absolute Gasteiger partial charge is 0.238 e. The van der Waals surface area contributed by atoms with Crippen molar-refractivity contribution >= 4 is 11.6 Å². The van der Waals surface area contributed by atoms with E-state index < -0.39 is 0 Å². The van der Waals surface area contributed by atoms with E-state index >= 15 is 0 Å². The number of fused-ring (bicyclic) bond motifs is 1. The molecule has 1 unspecified atom stereocenters. The topological polar surface area (TPSA) is 54.0 Å². The Labute approximate surface area is 155 Å². The number of nitrogens with one attached hydrogen (secondary N) is 1. The molecular formula is C20H29N3O3. The second-order valence-electron chi connectivity index (χ2n) is 7.53. The van der Waals surface area contributed by atoms with E-state index in [-0.39, 0.29) is 5.91 Å². The highest BCUT2D eigenvalue weighted by Gasteiger charge is 2.27. The first-order valence-corrected chi connectivity index (χ1v) is 9.94. The number of ether oxygens (including phenoxy) is 2. The molecule has 0 aromatic heterocycles. The highest BCUT2D eigenvalue weighted by molar-refractivity contribution is 5.92. The molecule has 142 valence electrons. The van der Waals surface area contributed by atoms with Crippen LogP contribution in [0.5, 0.6) is 11.5 Å². The fraction of sp³-hybridized carbons (Fsp3) is 0.650. The van der Waals surface area contributed by atoms with Crippen molar-refractivity contribution in [3.05, 3.63) is 18.2 Å². The van der Waals surface area contributed by atoms with E-state index in [4.69, 9.17) is 9.47 Å². The highest BCUT2D eigenvalue weighted by Crippen LogP contribution is 2.32. The van der Waals surface area contributed by atoms with Crippen LogP contribution in [-0.2, 0) is 4.79 Å². The Kier molecular flexibility index (Phi) is 5.60. The van der Waals surface area contributed by atoms with Gasteiger partial charge in [0.25, 0.3) is 0 Å². The van der Waals surface area contributed by atoms with Gasteiger partial charge in [-0.2, -0.15) is 0 Å². The van der Waals surface area contributed by atoms with Gasteiger partial charge in [-0.05, 0) is 57.5 Å². The van der Waals surface area contributed by atoms with E-state index in [1.165, 1.54) is 38.8 Å². The van der Waals surface area contributed by atoms with Crippen molar-refractivity contribution in [3.8, 4) is 11.5 Å². The number of rotatable bonds is 4. The fourth-order valence-corrected chi connectivity index (χ4v) is 4.22. The molecule has 0 aliphatic carbocycles. The van der Waals surface area contributed by atoms with E-state index in [0.717, 1.165) is 30.9 Å². The van der Waals surface area contributed by atoms with E-state index in [0.29, 0.717) is 31.5 Å². The second kappa shape index (κ2) is 8.27. The zero-order valence-electron chi connectivity index (χ0n) is 15.4. The summed E-state index contributed by atoms with van der Waals surface area (Å²) in [6.07, 6.45) is 5.96. The predicted molar refractivity (Wildman–Crippen MR) is 101 cm³/mol. The Morgan fingerprint density at radius 3 is 2.69 bits per heavy atom. The van der Waals surface area contributed by atoms with Crippen LogP contribution >= 0.6 is 0 Å². The molecule has 1 N–H and O–H groups in total. The number of carbonyl (C=O) groups excluding carboxylic acids is 1. The quantitative estimate of drug-likeness (QED) is 0.894. The maximum Gasteiger partial charge on any atom is 0.238 e. The van der Waals surface area contributed by atoms with Crippen LogP contribution in [0.3, 0.4) is 0 Å². The summed E-state index contributed by atoms with van der Waals surface area (Å²) in [6, 6.07) is 6.24. The van der Waals surface area contributed by atoms with Crippen LogP contribution in [0.15, 0.2) is 18.2 Å². The molecule has 0 spiro atoms. The van der Waals surface area contributed by atoms with Crippen molar-refractivity contribution in [2.45, 2.75) is 38.1 Å². The minimum atomic E-state index is 0.0431. The summed E-state index contributed by atoms with van der Waals surface area (Å²) in [5, 5.41) is 3.01. The van der Waals surface area contributed by atoms with Crippen LogP contribution in [0.2, 0.25) is 0 Å². The van der Waals surface area contributed by atoms with Crippen LogP contribution in [0.25, 0.3) is 0 Å². The third kappa shape index (κ3) is 4.30. The molecule has 2 fully saturated rings. The van der Waals surface area contributed by atoms with Gasteiger partial charge in [-0.1, -0.05) is 0 Å². The van der Waals surface area contributed by atoms with Gasteiger partial charge in [-0.3, -0.25) is 14.6 Å². The van der Waals surface area contributed by atoms with Crippen LogP contribution in [-0.4, -0.2) is 67.7 Å². The number of anilines is 1. The monoisotopic (exact) mass is 359 g/mol. The molecule has 3 aliphatic rings. The first kappa shape index (κ1) is 17.6. The third-order valence-corrected chi connectivity index (χ3v) is 5.54. The summed E-state index contributed by atoms with van der Waals surface area (Å²) in [5.74, 6) is 1.51. The molecule has 26 heavy (non-hydrogen) atoms. The van der Waals surface area contributed by atoms with E-state index in [1.54, 1.807) is 0 Å². The molecule has 2 saturated heterocycles.